The fourth-order valence-electron chi connectivity index (χ4n) is 3.32. The van der Waals surface area contributed by atoms with Gasteiger partial charge in [-0.15, -0.1) is 11.3 Å². The van der Waals surface area contributed by atoms with Crippen LogP contribution in [0.3, 0.4) is 0 Å². The van der Waals surface area contributed by atoms with Gasteiger partial charge in [-0.05, 0) is 30.0 Å². The van der Waals surface area contributed by atoms with Crippen LogP contribution in [0.25, 0.3) is 10.2 Å². The van der Waals surface area contributed by atoms with E-state index in [9.17, 15) is 4.79 Å². The van der Waals surface area contributed by atoms with Crippen LogP contribution < -0.4 is 9.80 Å². The normalized spacial score (nSPS) is 14.7. The molecule has 1 aliphatic rings. The van der Waals surface area contributed by atoms with E-state index in [1.807, 2.05) is 11.4 Å². The van der Waals surface area contributed by atoms with Crippen molar-refractivity contribution < 1.29 is 9.53 Å². The second-order valence-corrected chi connectivity index (χ2v) is 7.17. The first kappa shape index (κ1) is 16.8. The SMILES string of the molecule is COC(=O)c1nc(N2CCN(c3ccccc3C)CC2)c2sccc2n1. The Hall–Kier alpha value is -2.67. The van der Waals surface area contributed by atoms with E-state index < -0.39 is 5.97 Å². The Bertz CT molecular complexity index is 948. The first-order valence-electron chi connectivity index (χ1n) is 8.56. The van der Waals surface area contributed by atoms with E-state index in [0.717, 1.165) is 42.2 Å². The van der Waals surface area contributed by atoms with Crippen LogP contribution >= 0.6 is 11.3 Å². The quantitative estimate of drug-likeness (QED) is 0.662. The molecule has 26 heavy (non-hydrogen) atoms. The van der Waals surface area contributed by atoms with E-state index in [2.05, 4.69) is 51.0 Å². The summed E-state index contributed by atoms with van der Waals surface area (Å²) in [5.74, 6) is 0.447. The number of para-hydroxylation sites is 1. The van der Waals surface area contributed by atoms with Crippen molar-refractivity contribution in [2.75, 3.05) is 43.1 Å². The Kier molecular flexibility index (Phi) is 4.46. The number of carbonyl (C=O) groups is 1. The third-order valence-corrected chi connectivity index (χ3v) is 5.59. The van der Waals surface area contributed by atoms with Crippen LogP contribution in [0.15, 0.2) is 35.7 Å². The van der Waals surface area contributed by atoms with Gasteiger partial charge in [0.05, 0.1) is 17.3 Å². The van der Waals surface area contributed by atoms with Gasteiger partial charge >= 0.3 is 5.97 Å². The van der Waals surface area contributed by atoms with Crippen molar-refractivity contribution in [3.05, 3.63) is 47.1 Å². The minimum absolute atomic E-state index is 0.120. The molecule has 0 unspecified atom stereocenters. The number of piperazine rings is 1. The molecule has 0 spiro atoms. The maximum atomic E-state index is 11.9. The summed E-state index contributed by atoms with van der Waals surface area (Å²) in [6.45, 7) is 5.66. The van der Waals surface area contributed by atoms with Crippen LogP contribution in [0.2, 0.25) is 0 Å². The smallest absolute Gasteiger partial charge is 0.376 e. The fourth-order valence-corrected chi connectivity index (χ4v) is 4.17. The summed E-state index contributed by atoms with van der Waals surface area (Å²) >= 11 is 1.60. The van der Waals surface area contributed by atoms with Gasteiger partial charge < -0.3 is 14.5 Å². The topological polar surface area (TPSA) is 58.6 Å². The number of ether oxygens (including phenoxy) is 1. The lowest BCUT2D eigenvalue weighted by atomic mass is 10.1. The maximum absolute atomic E-state index is 11.9. The highest BCUT2D eigenvalue weighted by Gasteiger charge is 2.23. The molecule has 3 heterocycles. The average molecular weight is 368 g/mol. The molecule has 0 N–H and O–H groups in total. The second kappa shape index (κ2) is 6.92. The molecule has 134 valence electrons. The summed E-state index contributed by atoms with van der Waals surface area (Å²) in [5.41, 5.74) is 3.37. The van der Waals surface area contributed by atoms with Gasteiger partial charge in [-0.1, -0.05) is 18.2 Å². The van der Waals surface area contributed by atoms with Gasteiger partial charge in [-0.2, -0.15) is 0 Å². The molecular weight excluding hydrogens is 348 g/mol. The van der Waals surface area contributed by atoms with Gasteiger partial charge in [0, 0.05) is 31.9 Å². The molecule has 0 aliphatic carbocycles. The predicted octanol–water partition coefficient (Wildman–Crippen LogP) is 3.11. The molecule has 1 fully saturated rings. The van der Waals surface area contributed by atoms with E-state index >= 15 is 0 Å². The van der Waals surface area contributed by atoms with E-state index in [-0.39, 0.29) is 5.82 Å². The zero-order valence-corrected chi connectivity index (χ0v) is 15.6. The van der Waals surface area contributed by atoms with Gasteiger partial charge in [-0.3, -0.25) is 0 Å². The largest absolute Gasteiger partial charge is 0.463 e. The van der Waals surface area contributed by atoms with Crippen molar-refractivity contribution in [3.63, 3.8) is 0 Å². The molecule has 7 heteroatoms. The summed E-state index contributed by atoms with van der Waals surface area (Å²) in [4.78, 5) is 25.4. The highest BCUT2D eigenvalue weighted by molar-refractivity contribution is 7.17. The number of esters is 1. The van der Waals surface area contributed by atoms with Crippen molar-refractivity contribution in [1.29, 1.82) is 0 Å². The number of rotatable bonds is 3. The molecule has 0 atom stereocenters. The zero-order valence-electron chi connectivity index (χ0n) is 14.8. The van der Waals surface area contributed by atoms with Crippen LogP contribution in [-0.2, 0) is 4.74 Å². The first-order valence-corrected chi connectivity index (χ1v) is 9.44. The van der Waals surface area contributed by atoms with E-state index in [1.165, 1.54) is 18.4 Å². The summed E-state index contributed by atoms with van der Waals surface area (Å²) in [6, 6.07) is 10.4. The monoisotopic (exact) mass is 368 g/mol. The zero-order chi connectivity index (χ0) is 18.1. The average Bonchev–Trinajstić information content (AvgIpc) is 3.16. The van der Waals surface area contributed by atoms with Gasteiger partial charge in [0.2, 0.25) is 5.82 Å². The van der Waals surface area contributed by atoms with Gasteiger partial charge in [0.25, 0.3) is 0 Å². The number of thiophene rings is 1. The minimum atomic E-state index is -0.502. The molecule has 0 saturated carbocycles. The standard InChI is InChI=1S/C19H20N4O2S/c1-13-5-3-4-6-15(13)22-8-10-23(11-9-22)18-16-14(7-12-26-16)20-17(21-18)19(24)25-2/h3-7,12H,8-11H2,1-2H3. The predicted molar refractivity (Wildman–Crippen MR) is 104 cm³/mol. The number of nitrogens with zero attached hydrogens (tertiary/aromatic N) is 4. The Morgan fingerprint density at radius 1 is 1.08 bits per heavy atom. The van der Waals surface area contributed by atoms with E-state index in [0.29, 0.717) is 0 Å². The summed E-state index contributed by atoms with van der Waals surface area (Å²) in [7, 11) is 1.35. The highest BCUT2D eigenvalue weighted by Crippen LogP contribution is 2.30. The Morgan fingerprint density at radius 2 is 1.81 bits per heavy atom. The lowest BCUT2D eigenvalue weighted by molar-refractivity contribution is 0.0587. The van der Waals surface area contributed by atoms with E-state index in [4.69, 9.17) is 4.74 Å². The molecule has 1 aromatic carbocycles. The number of aryl methyl sites for hydroxylation is 1. The number of carbonyl (C=O) groups excluding carboxylic acids is 1. The first-order chi connectivity index (χ1) is 12.7. The molecule has 3 aromatic rings. The van der Waals surface area contributed by atoms with Crippen LogP contribution in [0, 0.1) is 6.92 Å². The Balaban J connectivity index is 1.60. The molecule has 2 aromatic heterocycles. The van der Waals surface area contributed by atoms with Crippen molar-refractivity contribution >= 4 is 39.0 Å². The van der Waals surface area contributed by atoms with Crippen molar-refractivity contribution in [2.24, 2.45) is 0 Å². The third-order valence-electron chi connectivity index (χ3n) is 4.69. The van der Waals surface area contributed by atoms with Crippen LogP contribution in [0.1, 0.15) is 16.2 Å². The molecule has 1 aliphatic heterocycles. The summed E-state index contributed by atoms with van der Waals surface area (Å²) < 4.78 is 5.82. The fraction of sp³-hybridized carbons (Fsp3) is 0.316. The van der Waals surface area contributed by atoms with Crippen LogP contribution in [-0.4, -0.2) is 49.2 Å². The Morgan fingerprint density at radius 3 is 2.54 bits per heavy atom. The molecule has 0 amide bonds. The summed E-state index contributed by atoms with van der Waals surface area (Å²) in [6.07, 6.45) is 0. The second-order valence-electron chi connectivity index (χ2n) is 6.26. The molecule has 0 radical (unpaired) electrons. The number of hydrogen-bond donors (Lipinski definition) is 0. The number of methoxy groups -OCH3 is 1. The van der Waals surface area contributed by atoms with Crippen molar-refractivity contribution in [2.45, 2.75) is 6.92 Å². The van der Waals surface area contributed by atoms with Gasteiger partial charge in [0.15, 0.2) is 5.82 Å². The number of benzene rings is 1. The maximum Gasteiger partial charge on any atom is 0.376 e. The highest BCUT2D eigenvalue weighted by atomic mass is 32.1. The third kappa shape index (κ3) is 2.99. The van der Waals surface area contributed by atoms with Gasteiger partial charge in [-0.25, -0.2) is 14.8 Å². The number of fused-ring (bicyclic) bond motifs is 1. The minimum Gasteiger partial charge on any atom is -0.463 e. The van der Waals surface area contributed by atoms with E-state index in [1.54, 1.807) is 11.3 Å². The van der Waals surface area contributed by atoms with Crippen molar-refractivity contribution in [3.8, 4) is 0 Å². The molecule has 6 nitrogen and oxygen atoms in total. The molecule has 1 saturated heterocycles. The van der Waals surface area contributed by atoms with Gasteiger partial charge in [0.1, 0.15) is 0 Å². The molecule has 4 rings (SSSR count). The van der Waals surface area contributed by atoms with Crippen LogP contribution in [0.4, 0.5) is 11.5 Å². The number of anilines is 2. The Labute approximate surface area is 156 Å². The molecule has 0 bridgehead atoms. The number of aromatic nitrogens is 2. The lowest BCUT2D eigenvalue weighted by Gasteiger charge is -2.37. The lowest BCUT2D eigenvalue weighted by Crippen LogP contribution is -2.47. The van der Waals surface area contributed by atoms with Crippen molar-refractivity contribution in [1.82, 2.24) is 9.97 Å². The number of hydrogen-bond acceptors (Lipinski definition) is 7. The molecular formula is C19H20N4O2S. The van der Waals surface area contributed by atoms with Crippen LogP contribution in [0.5, 0.6) is 0 Å². The summed E-state index contributed by atoms with van der Waals surface area (Å²) in [5, 5.41) is 1.98.